The molecule has 6 nitrogen and oxygen atoms in total. The highest BCUT2D eigenvalue weighted by molar-refractivity contribution is 6.30. The summed E-state index contributed by atoms with van der Waals surface area (Å²) in [7, 11) is 1.83. The van der Waals surface area contributed by atoms with Crippen LogP contribution in [0.25, 0.3) is 5.69 Å². The first kappa shape index (κ1) is 20.4. The number of para-hydroxylation sites is 1. The maximum absolute atomic E-state index is 13.2. The predicted octanol–water partition coefficient (Wildman–Crippen LogP) is 3.94. The van der Waals surface area contributed by atoms with Crippen molar-refractivity contribution in [3.05, 3.63) is 76.6 Å². The number of aromatic nitrogens is 2. The lowest BCUT2D eigenvalue weighted by atomic mass is 10.1. The normalized spacial score (nSPS) is 14.0. The second kappa shape index (κ2) is 8.90. The predicted molar refractivity (Wildman–Crippen MR) is 119 cm³/mol. The van der Waals surface area contributed by atoms with Crippen LogP contribution in [0.3, 0.4) is 0 Å². The van der Waals surface area contributed by atoms with Gasteiger partial charge in [-0.2, -0.15) is 5.10 Å². The van der Waals surface area contributed by atoms with Crippen molar-refractivity contribution in [3.8, 4) is 5.69 Å². The van der Waals surface area contributed by atoms with Gasteiger partial charge in [-0.3, -0.25) is 4.79 Å². The number of hydrogen-bond acceptors (Lipinski definition) is 4. The number of hydrogen-bond donors (Lipinski definition) is 0. The molecule has 7 heteroatoms. The number of benzene rings is 2. The van der Waals surface area contributed by atoms with E-state index in [9.17, 15) is 4.79 Å². The molecule has 1 fully saturated rings. The van der Waals surface area contributed by atoms with E-state index in [0.717, 1.165) is 48.9 Å². The summed E-state index contributed by atoms with van der Waals surface area (Å²) >= 11 is 5.98. The van der Waals surface area contributed by atoms with Gasteiger partial charge < -0.3 is 14.5 Å². The lowest BCUT2D eigenvalue weighted by molar-refractivity contribution is 0.0784. The molecule has 30 heavy (non-hydrogen) atoms. The van der Waals surface area contributed by atoms with Crippen molar-refractivity contribution in [1.29, 1.82) is 0 Å². The highest BCUT2D eigenvalue weighted by atomic mass is 35.5. The summed E-state index contributed by atoms with van der Waals surface area (Å²) < 4.78 is 7.24. The molecule has 4 rings (SSSR count). The van der Waals surface area contributed by atoms with E-state index in [2.05, 4.69) is 22.1 Å². The van der Waals surface area contributed by atoms with Crippen LogP contribution in [0, 0.1) is 6.92 Å². The van der Waals surface area contributed by atoms with Crippen LogP contribution in [0.4, 0.5) is 5.69 Å². The molecule has 0 spiro atoms. The minimum Gasteiger partial charge on any atom is -0.378 e. The van der Waals surface area contributed by atoms with Gasteiger partial charge in [-0.15, -0.1) is 0 Å². The smallest absolute Gasteiger partial charge is 0.257 e. The molecule has 0 N–H and O–H groups in total. The third-order valence-electron chi connectivity index (χ3n) is 5.41. The zero-order chi connectivity index (χ0) is 21.1. The van der Waals surface area contributed by atoms with Crippen molar-refractivity contribution in [1.82, 2.24) is 14.7 Å². The Labute approximate surface area is 181 Å². The number of carbonyl (C=O) groups is 1. The molecule has 0 bridgehead atoms. The number of rotatable bonds is 5. The van der Waals surface area contributed by atoms with Gasteiger partial charge in [0.1, 0.15) is 0 Å². The molecule has 0 atom stereocenters. The van der Waals surface area contributed by atoms with Gasteiger partial charge in [-0.25, -0.2) is 4.68 Å². The first-order valence-electron chi connectivity index (χ1n) is 10.0. The molecule has 1 aliphatic rings. The quantitative estimate of drug-likeness (QED) is 0.622. The molecule has 0 radical (unpaired) electrons. The number of halogens is 1. The van der Waals surface area contributed by atoms with Crippen LogP contribution in [0.5, 0.6) is 0 Å². The van der Waals surface area contributed by atoms with Crippen molar-refractivity contribution in [2.75, 3.05) is 38.3 Å². The van der Waals surface area contributed by atoms with Crippen molar-refractivity contribution in [2.24, 2.45) is 0 Å². The van der Waals surface area contributed by atoms with Crippen LogP contribution in [0.1, 0.15) is 21.6 Å². The average molecular weight is 425 g/mol. The molecule has 0 saturated carbocycles. The van der Waals surface area contributed by atoms with Gasteiger partial charge >= 0.3 is 0 Å². The molecule has 156 valence electrons. The van der Waals surface area contributed by atoms with E-state index in [-0.39, 0.29) is 5.91 Å². The van der Waals surface area contributed by atoms with Gasteiger partial charge in [0.05, 0.1) is 36.4 Å². The van der Waals surface area contributed by atoms with Crippen LogP contribution < -0.4 is 4.90 Å². The van der Waals surface area contributed by atoms with Gasteiger partial charge in [-0.1, -0.05) is 29.8 Å². The Hall–Kier alpha value is -2.83. The maximum Gasteiger partial charge on any atom is 0.257 e. The van der Waals surface area contributed by atoms with E-state index in [1.54, 1.807) is 15.8 Å². The van der Waals surface area contributed by atoms with E-state index in [1.165, 1.54) is 0 Å². The van der Waals surface area contributed by atoms with E-state index < -0.39 is 0 Å². The third-order valence-corrected chi connectivity index (χ3v) is 5.66. The summed E-state index contributed by atoms with van der Waals surface area (Å²) in [4.78, 5) is 17.2. The Bertz CT molecular complexity index is 1030. The van der Waals surface area contributed by atoms with Gasteiger partial charge in [0, 0.05) is 37.4 Å². The molecule has 3 aromatic rings. The Balaban J connectivity index is 1.53. The number of anilines is 1. The number of carbonyl (C=O) groups excluding carboxylic acids is 1. The molecule has 1 saturated heterocycles. The highest BCUT2D eigenvalue weighted by Gasteiger charge is 2.21. The van der Waals surface area contributed by atoms with Crippen LogP contribution in [0.2, 0.25) is 5.02 Å². The molecular weight excluding hydrogens is 400 g/mol. The summed E-state index contributed by atoms with van der Waals surface area (Å²) in [5.74, 6) is -0.0514. The fourth-order valence-corrected chi connectivity index (χ4v) is 3.88. The summed E-state index contributed by atoms with van der Waals surface area (Å²) in [6.45, 7) is 5.62. The first-order chi connectivity index (χ1) is 14.5. The van der Waals surface area contributed by atoms with Crippen LogP contribution in [-0.2, 0) is 11.3 Å². The van der Waals surface area contributed by atoms with Crippen LogP contribution in [-0.4, -0.2) is 53.9 Å². The van der Waals surface area contributed by atoms with Crippen molar-refractivity contribution < 1.29 is 9.53 Å². The van der Waals surface area contributed by atoms with E-state index in [1.807, 2.05) is 50.4 Å². The molecule has 2 heterocycles. The molecular formula is C23H25ClN4O2. The fraction of sp³-hybridized carbons (Fsp3) is 0.304. The van der Waals surface area contributed by atoms with Crippen molar-refractivity contribution in [3.63, 3.8) is 0 Å². The van der Waals surface area contributed by atoms with E-state index in [4.69, 9.17) is 16.3 Å². The molecule has 1 aliphatic heterocycles. The summed E-state index contributed by atoms with van der Waals surface area (Å²) in [6.07, 6.45) is 1.64. The Morgan fingerprint density at radius 3 is 2.57 bits per heavy atom. The molecule has 1 amide bonds. The Morgan fingerprint density at radius 1 is 1.13 bits per heavy atom. The number of amides is 1. The Kier molecular flexibility index (Phi) is 6.06. The van der Waals surface area contributed by atoms with Gasteiger partial charge in [0.15, 0.2) is 0 Å². The monoisotopic (exact) mass is 424 g/mol. The zero-order valence-corrected chi connectivity index (χ0v) is 18.0. The zero-order valence-electron chi connectivity index (χ0n) is 17.2. The Morgan fingerprint density at radius 2 is 1.83 bits per heavy atom. The number of ether oxygens (including phenoxy) is 1. The van der Waals surface area contributed by atoms with Crippen LogP contribution in [0.15, 0.2) is 54.7 Å². The highest BCUT2D eigenvalue weighted by Crippen LogP contribution is 2.24. The third kappa shape index (κ3) is 4.20. The van der Waals surface area contributed by atoms with Crippen LogP contribution >= 0.6 is 11.6 Å². The minimum absolute atomic E-state index is 0.0514. The van der Waals surface area contributed by atoms with Crippen molar-refractivity contribution in [2.45, 2.75) is 13.5 Å². The topological polar surface area (TPSA) is 50.6 Å². The standard InChI is InChI=1S/C23H25ClN4O2/c1-17-21(15-25-28(17)20-9-7-19(24)8-10-20)23(29)26(2)16-18-5-3-4-6-22(18)27-11-13-30-14-12-27/h3-10,15H,11-14,16H2,1-2H3. The lowest BCUT2D eigenvalue weighted by Crippen LogP contribution is -2.37. The summed E-state index contributed by atoms with van der Waals surface area (Å²) in [5.41, 5.74) is 4.55. The number of morpholine rings is 1. The molecule has 1 aromatic heterocycles. The maximum atomic E-state index is 13.2. The summed E-state index contributed by atoms with van der Waals surface area (Å²) in [5, 5.41) is 5.09. The molecule has 0 unspecified atom stereocenters. The summed E-state index contributed by atoms with van der Waals surface area (Å²) in [6, 6.07) is 15.7. The second-order valence-electron chi connectivity index (χ2n) is 7.42. The van der Waals surface area contributed by atoms with Crippen molar-refractivity contribution >= 4 is 23.2 Å². The van der Waals surface area contributed by atoms with E-state index >= 15 is 0 Å². The molecule has 0 aliphatic carbocycles. The van der Waals surface area contributed by atoms with E-state index in [0.29, 0.717) is 17.1 Å². The average Bonchev–Trinajstić information content (AvgIpc) is 3.16. The largest absolute Gasteiger partial charge is 0.378 e. The lowest BCUT2D eigenvalue weighted by Gasteiger charge is -2.31. The number of nitrogens with zero attached hydrogens (tertiary/aromatic N) is 4. The minimum atomic E-state index is -0.0514. The second-order valence-corrected chi connectivity index (χ2v) is 7.86. The SMILES string of the molecule is Cc1c(C(=O)N(C)Cc2ccccc2N2CCOCC2)cnn1-c1ccc(Cl)cc1. The van der Waals surface area contributed by atoms with Gasteiger partial charge in [-0.05, 0) is 42.8 Å². The van der Waals surface area contributed by atoms with Gasteiger partial charge in [0.25, 0.3) is 5.91 Å². The molecule has 2 aromatic carbocycles. The fourth-order valence-electron chi connectivity index (χ4n) is 3.75. The first-order valence-corrected chi connectivity index (χ1v) is 10.4. The van der Waals surface area contributed by atoms with Gasteiger partial charge in [0.2, 0.25) is 0 Å².